The van der Waals surface area contributed by atoms with Crippen LogP contribution in [0, 0.1) is 0 Å². The predicted octanol–water partition coefficient (Wildman–Crippen LogP) is 7.08. The van der Waals surface area contributed by atoms with Gasteiger partial charge in [0.2, 0.25) is 0 Å². The van der Waals surface area contributed by atoms with E-state index in [-0.39, 0.29) is 69.6 Å². The van der Waals surface area contributed by atoms with Crippen molar-refractivity contribution in [2.45, 2.75) is 53.8 Å². The van der Waals surface area contributed by atoms with Crippen LogP contribution >= 0.6 is 0 Å². The van der Waals surface area contributed by atoms with Crippen LogP contribution in [0.2, 0.25) is 0 Å². The molecule has 5 aromatic rings. The molecule has 1 aliphatic heterocycles. The highest BCUT2D eigenvalue weighted by Gasteiger charge is 2.35. The Morgan fingerprint density at radius 3 is 1.88 bits per heavy atom. The van der Waals surface area contributed by atoms with E-state index >= 15 is 0 Å². The standard InChI is InChI=1S/C40H40N8O15S3/c1-3-4-5-24-6-13-30(35(18-24)65(56,57)58)42-43-31-21-34(63-17-15-50)32(22-33(31)62-16-14-49)44-46-38-36(66(59,60)61)20-25-19-26(7-12-29(25)39(38)51)41-45-37-23(2)47-48(40(37)52)27-8-10-28(11-9-27)64(53,54)55/h6-13,18-22,37,49-51H,3-5,14-17H2,1-2H3,(H,53,54,55)(H,56,57,58)(H,59,60,61). The molecule has 348 valence electrons. The van der Waals surface area contributed by atoms with Gasteiger partial charge < -0.3 is 24.8 Å². The lowest BCUT2D eigenvalue weighted by Gasteiger charge is -2.13. The number of hydrogen-bond donors (Lipinski definition) is 6. The molecule has 6 rings (SSSR count). The number of azo groups is 3. The van der Waals surface area contributed by atoms with Crippen molar-refractivity contribution in [2.24, 2.45) is 35.8 Å². The quantitative estimate of drug-likeness (QED) is 0.0356. The third-order valence-electron chi connectivity index (χ3n) is 9.46. The lowest BCUT2D eigenvalue weighted by Crippen LogP contribution is -2.29. The van der Waals surface area contributed by atoms with Crippen LogP contribution < -0.4 is 14.5 Å². The molecule has 0 aliphatic carbocycles. The largest absolute Gasteiger partial charge is 0.505 e. The smallest absolute Gasteiger partial charge is 0.296 e. The number of carbonyl (C=O) groups is 1. The summed E-state index contributed by atoms with van der Waals surface area (Å²) >= 11 is 0. The number of anilines is 1. The predicted molar refractivity (Wildman–Crippen MR) is 235 cm³/mol. The Hall–Kier alpha value is -6.65. The zero-order valence-corrected chi connectivity index (χ0v) is 37.1. The number of phenols is 1. The molecule has 0 fully saturated rings. The molecule has 0 saturated heterocycles. The van der Waals surface area contributed by atoms with E-state index in [1.165, 1.54) is 61.5 Å². The van der Waals surface area contributed by atoms with Gasteiger partial charge in [0.25, 0.3) is 36.3 Å². The normalized spacial score (nSPS) is 14.9. The highest BCUT2D eigenvalue weighted by Crippen LogP contribution is 2.45. The molecular formula is C40H40N8O15S3. The molecule has 6 N–H and O–H groups in total. The molecule has 5 aromatic carbocycles. The second kappa shape index (κ2) is 20.3. The van der Waals surface area contributed by atoms with Gasteiger partial charge in [-0.15, -0.1) is 20.5 Å². The minimum Gasteiger partial charge on any atom is -0.505 e. The van der Waals surface area contributed by atoms with Crippen LogP contribution in [0.3, 0.4) is 0 Å². The van der Waals surface area contributed by atoms with Crippen molar-refractivity contribution in [1.29, 1.82) is 0 Å². The van der Waals surface area contributed by atoms with Crippen LogP contribution in [-0.4, -0.2) is 98.3 Å². The molecule has 1 aliphatic rings. The van der Waals surface area contributed by atoms with Crippen LogP contribution in [-0.2, 0) is 41.6 Å². The monoisotopic (exact) mass is 968 g/mol. The number of carbonyl (C=O) groups excluding carboxylic acids is 1. The van der Waals surface area contributed by atoms with Crippen LogP contribution in [0.1, 0.15) is 32.3 Å². The Labute approximate surface area is 376 Å². The number of benzene rings is 5. The van der Waals surface area contributed by atoms with Gasteiger partial charge in [0.05, 0.1) is 35.2 Å². The lowest BCUT2D eigenvalue weighted by molar-refractivity contribution is -0.117. The molecule has 0 bridgehead atoms. The van der Waals surface area contributed by atoms with Crippen LogP contribution in [0.4, 0.5) is 34.1 Å². The number of aliphatic hydroxyl groups excluding tert-OH is 2. The van der Waals surface area contributed by atoms with Crippen molar-refractivity contribution >= 4 is 86.9 Å². The summed E-state index contributed by atoms with van der Waals surface area (Å²) in [6.45, 7) is 1.90. The van der Waals surface area contributed by atoms with E-state index < -0.39 is 81.6 Å². The minimum absolute atomic E-state index is 0.00615. The average molecular weight is 969 g/mol. The summed E-state index contributed by atoms with van der Waals surface area (Å²) in [5, 5.41) is 59.9. The van der Waals surface area contributed by atoms with E-state index in [0.29, 0.717) is 12.0 Å². The summed E-state index contributed by atoms with van der Waals surface area (Å²) in [6.07, 6.45) is 2.15. The molecule has 0 spiro atoms. The van der Waals surface area contributed by atoms with Gasteiger partial charge in [0, 0.05) is 17.5 Å². The second-order valence-electron chi connectivity index (χ2n) is 14.1. The molecule has 26 heteroatoms. The number of fused-ring (bicyclic) bond motifs is 1. The maximum atomic E-state index is 13.2. The van der Waals surface area contributed by atoms with Gasteiger partial charge in [-0.25, -0.2) is 0 Å². The number of rotatable bonds is 19. The minimum atomic E-state index is -5.14. The maximum Gasteiger partial charge on any atom is 0.296 e. The number of phenolic OH excluding ortho intramolecular Hbond substituents is 1. The molecular weight excluding hydrogens is 929 g/mol. The SMILES string of the molecule is CCCCc1ccc(N=Nc2cc(OCCO)c(N=Nc3c(S(=O)(=O)O)cc4cc(N=NC5C(=O)N(c6ccc(S(=O)(=O)O)cc6)N=C5C)ccc4c3O)cc2OCCO)c(S(=O)(=O)O)c1. The first kappa shape index (κ1) is 48.8. The molecule has 0 radical (unpaired) electrons. The van der Waals surface area contributed by atoms with Crippen molar-refractivity contribution in [2.75, 3.05) is 31.4 Å². The first-order valence-corrected chi connectivity index (χ1v) is 23.8. The van der Waals surface area contributed by atoms with Crippen molar-refractivity contribution in [3.8, 4) is 17.2 Å². The van der Waals surface area contributed by atoms with Crippen LogP contribution in [0.5, 0.6) is 17.2 Å². The van der Waals surface area contributed by atoms with Gasteiger partial charge in [0.1, 0.15) is 57.3 Å². The Morgan fingerprint density at radius 2 is 1.30 bits per heavy atom. The summed E-state index contributed by atoms with van der Waals surface area (Å²) in [6, 6.07) is 15.1. The number of hydrazone groups is 1. The molecule has 1 atom stereocenters. The molecule has 0 aromatic heterocycles. The van der Waals surface area contributed by atoms with E-state index in [4.69, 9.17) is 9.47 Å². The highest BCUT2D eigenvalue weighted by atomic mass is 32.2. The third-order valence-corrected chi connectivity index (χ3v) is 12.1. The lowest BCUT2D eigenvalue weighted by atomic mass is 10.1. The van der Waals surface area contributed by atoms with E-state index in [9.17, 15) is 59.0 Å². The van der Waals surface area contributed by atoms with Crippen molar-refractivity contribution < 1.29 is 68.5 Å². The molecule has 1 heterocycles. The Morgan fingerprint density at radius 1 is 0.697 bits per heavy atom. The first-order valence-electron chi connectivity index (χ1n) is 19.5. The fourth-order valence-corrected chi connectivity index (χ4v) is 8.10. The number of aliphatic hydroxyl groups is 2. The van der Waals surface area contributed by atoms with Gasteiger partial charge >= 0.3 is 0 Å². The van der Waals surface area contributed by atoms with E-state index in [1.807, 2.05) is 6.92 Å². The van der Waals surface area contributed by atoms with Gasteiger partial charge in [0.15, 0.2) is 11.8 Å². The topological polar surface area (TPSA) is 349 Å². The Balaban J connectivity index is 1.34. The summed E-state index contributed by atoms with van der Waals surface area (Å²) in [7, 11) is -14.4. The average Bonchev–Trinajstić information content (AvgIpc) is 3.55. The number of hydrogen-bond acceptors (Lipinski definition) is 19. The van der Waals surface area contributed by atoms with E-state index in [2.05, 4.69) is 35.8 Å². The maximum absolute atomic E-state index is 13.2. The Kier molecular flexibility index (Phi) is 15.0. The fourth-order valence-electron chi connectivity index (χ4n) is 6.29. The number of aryl methyl sites for hydroxylation is 1. The van der Waals surface area contributed by atoms with Crippen molar-refractivity contribution in [3.05, 3.63) is 84.4 Å². The molecule has 66 heavy (non-hydrogen) atoms. The molecule has 0 saturated carbocycles. The first-order chi connectivity index (χ1) is 31.2. The van der Waals surface area contributed by atoms with E-state index in [1.54, 1.807) is 6.07 Å². The number of amides is 1. The van der Waals surface area contributed by atoms with Crippen LogP contribution in [0.25, 0.3) is 10.8 Å². The number of aromatic hydroxyl groups is 1. The van der Waals surface area contributed by atoms with Crippen molar-refractivity contribution in [3.63, 3.8) is 0 Å². The van der Waals surface area contributed by atoms with Gasteiger partial charge in [-0.3, -0.25) is 18.5 Å². The zero-order valence-electron chi connectivity index (χ0n) is 34.7. The zero-order chi connectivity index (χ0) is 48.0. The van der Waals surface area contributed by atoms with Gasteiger partial charge in [-0.05, 0) is 91.4 Å². The van der Waals surface area contributed by atoms with Crippen LogP contribution in [0.15, 0.2) is 129 Å². The second-order valence-corrected chi connectivity index (χ2v) is 18.3. The summed E-state index contributed by atoms with van der Waals surface area (Å²) in [5.41, 5.74) is -0.154. The molecule has 1 amide bonds. The number of nitrogens with zero attached hydrogens (tertiary/aromatic N) is 8. The van der Waals surface area contributed by atoms with Gasteiger partial charge in [-0.1, -0.05) is 19.4 Å². The van der Waals surface area contributed by atoms with E-state index in [0.717, 1.165) is 36.0 Å². The summed E-state index contributed by atoms with van der Waals surface area (Å²) in [4.78, 5) is 11.4. The number of ether oxygens (including phenoxy) is 2. The van der Waals surface area contributed by atoms with Crippen molar-refractivity contribution in [1.82, 2.24) is 0 Å². The summed E-state index contributed by atoms with van der Waals surface area (Å²) in [5.74, 6) is -1.70. The summed E-state index contributed by atoms with van der Waals surface area (Å²) < 4.78 is 114. The fraction of sp³-hybridized carbons (Fsp3) is 0.250. The molecule has 1 unspecified atom stereocenters. The Bertz CT molecular complexity index is 3150. The van der Waals surface area contributed by atoms with Gasteiger partial charge in [-0.2, -0.15) is 45.6 Å². The number of unbranched alkanes of at least 4 members (excludes halogenated alkanes) is 1. The highest BCUT2D eigenvalue weighted by molar-refractivity contribution is 7.86. The molecule has 23 nitrogen and oxygen atoms in total. The third kappa shape index (κ3) is 11.4.